The van der Waals surface area contributed by atoms with Crippen LogP contribution in [0.2, 0.25) is 0 Å². The van der Waals surface area contributed by atoms with Crippen LogP contribution in [0.4, 0.5) is 0 Å². The number of aliphatic hydroxyl groups excluding tert-OH is 1. The predicted octanol–water partition coefficient (Wildman–Crippen LogP) is 1.88. The molecule has 0 aromatic heterocycles. The summed E-state index contributed by atoms with van der Waals surface area (Å²) in [6.45, 7) is 6.59. The number of phenols is 2. The summed E-state index contributed by atoms with van der Waals surface area (Å²) in [6.07, 6.45) is -0.468. The van der Waals surface area contributed by atoms with Gasteiger partial charge in [0.15, 0.2) is 11.5 Å². The highest BCUT2D eigenvalue weighted by molar-refractivity contribution is 5.53. The summed E-state index contributed by atoms with van der Waals surface area (Å²) >= 11 is 0. The zero-order valence-corrected chi connectivity index (χ0v) is 13.1. The number of phenolic OH excluding ortho intramolecular Hbond substituents is 2. The number of hydrogen-bond donors (Lipinski definition) is 4. The van der Waals surface area contributed by atoms with Gasteiger partial charge < -0.3 is 25.4 Å². The lowest BCUT2D eigenvalue weighted by atomic mass is 9.74. The Morgan fingerprint density at radius 3 is 2.43 bits per heavy atom. The van der Waals surface area contributed by atoms with Crippen molar-refractivity contribution in [2.75, 3.05) is 20.2 Å². The Kier molecular flexibility index (Phi) is 4.46. The Morgan fingerprint density at radius 2 is 1.90 bits per heavy atom. The summed E-state index contributed by atoms with van der Waals surface area (Å²) in [5.74, 6) is -0.671. The number of hydrogen-bond acceptors (Lipinski definition) is 5. The maximum atomic E-state index is 10.3. The number of aromatic hydroxyl groups is 2. The molecule has 0 aliphatic carbocycles. The monoisotopic (exact) mass is 295 g/mol. The molecule has 0 amide bonds. The second-order valence-electron chi connectivity index (χ2n) is 6.69. The minimum Gasteiger partial charge on any atom is -0.504 e. The van der Waals surface area contributed by atoms with E-state index in [1.54, 1.807) is 6.07 Å². The van der Waals surface area contributed by atoms with Crippen molar-refractivity contribution in [1.29, 1.82) is 0 Å². The van der Waals surface area contributed by atoms with Gasteiger partial charge in [-0.1, -0.05) is 26.8 Å². The second-order valence-corrected chi connectivity index (χ2v) is 6.69. The Morgan fingerprint density at radius 1 is 1.24 bits per heavy atom. The summed E-state index contributed by atoms with van der Waals surface area (Å²) in [6, 6.07) is 3.22. The quantitative estimate of drug-likeness (QED) is 0.640. The highest BCUT2D eigenvalue weighted by Crippen LogP contribution is 2.49. The number of nitrogens with one attached hydrogen (secondary N) is 1. The van der Waals surface area contributed by atoms with Crippen molar-refractivity contribution < 1.29 is 20.1 Å². The first-order valence-electron chi connectivity index (χ1n) is 7.26. The molecule has 1 aliphatic rings. The van der Waals surface area contributed by atoms with Crippen molar-refractivity contribution in [1.82, 2.24) is 5.32 Å². The standard InChI is InChI=1S/C16H25NO4/c1-16(2,3)15-10(8-18)13-9(12(21-15)7-17-4)5-6-11(19)14(13)20/h5-6,10,12,15,17-20H,7-8H2,1-4H3/t10-,12-,15-/m0/s1. The van der Waals surface area contributed by atoms with Crippen LogP contribution in [-0.4, -0.2) is 41.6 Å². The van der Waals surface area contributed by atoms with E-state index in [-0.39, 0.29) is 41.6 Å². The van der Waals surface area contributed by atoms with E-state index < -0.39 is 0 Å². The van der Waals surface area contributed by atoms with Crippen LogP contribution in [0.1, 0.15) is 43.9 Å². The predicted molar refractivity (Wildman–Crippen MR) is 80.6 cm³/mol. The third kappa shape index (κ3) is 2.86. The van der Waals surface area contributed by atoms with Crippen molar-refractivity contribution in [2.24, 2.45) is 5.41 Å². The summed E-state index contributed by atoms with van der Waals surface area (Å²) < 4.78 is 6.20. The first kappa shape index (κ1) is 16.1. The van der Waals surface area contributed by atoms with E-state index >= 15 is 0 Å². The van der Waals surface area contributed by atoms with E-state index in [1.807, 2.05) is 27.8 Å². The van der Waals surface area contributed by atoms with Gasteiger partial charge in [-0.25, -0.2) is 0 Å². The number of likely N-dealkylation sites (N-methyl/N-ethyl adjacent to an activating group) is 1. The van der Waals surface area contributed by atoms with Gasteiger partial charge in [-0.15, -0.1) is 0 Å². The van der Waals surface area contributed by atoms with Gasteiger partial charge >= 0.3 is 0 Å². The molecular weight excluding hydrogens is 270 g/mol. The Labute approximate surface area is 125 Å². The maximum absolute atomic E-state index is 10.3. The molecule has 2 rings (SSSR count). The molecule has 1 aliphatic heterocycles. The molecule has 3 atom stereocenters. The highest BCUT2D eigenvalue weighted by Gasteiger charge is 2.43. The lowest BCUT2D eigenvalue weighted by Gasteiger charge is -2.44. The Balaban J connectivity index is 2.59. The van der Waals surface area contributed by atoms with Crippen LogP contribution >= 0.6 is 0 Å². The summed E-state index contributed by atoms with van der Waals surface area (Å²) in [5, 5.41) is 33.0. The maximum Gasteiger partial charge on any atom is 0.161 e. The fraction of sp³-hybridized carbons (Fsp3) is 0.625. The van der Waals surface area contributed by atoms with E-state index in [0.717, 1.165) is 5.56 Å². The zero-order valence-electron chi connectivity index (χ0n) is 13.1. The van der Waals surface area contributed by atoms with Crippen LogP contribution in [0.5, 0.6) is 11.5 Å². The largest absolute Gasteiger partial charge is 0.504 e. The molecule has 0 bridgehead atoms. The van der Waals surface area contributed by atoms with Gasteiger partial charge in [-0.3, -0.25) is 0 Å². The Hall–Kier alpha value is -1.30. The van der Waals surface area contributed by atoms with E-state index in [4.69, 9.17) is 4.74 Å². The van der Waals surface area contributed by atoms with Gasteiger partial charge in [0.2, 0.25) is 0 Å². The third-order valence-electron chi connectivity index (χ3n) is 4.06. The van der Waals surface area contributed by atoms with Gasteiger partial charge in [-0.05, 0) is 24.1 Å². The molecule has 4 N–H and O–H groups in total. The average molecular weight is 295 g/mol. The molecule has 21 heavy (non-hydrogen) atoms. The number of aliphatic hydroxyl groups is 1. The van der Waals surface area contributed by atoms with E-state index in [1.165, 1.54) is 6.07 Å². The van der Waals surface area contributed by atoms with Gasteiger partial charge in [0.05, 0.1) is 18.8 Å². The van der Waals surface area contributed by atoms with Crippen LogP contribution in [0.3, 0.4) is 0 Å². The van der Waals surface area contributed by atoms with Gasteiger partial charge in [-0.2, -0.15) is 0 Å². The number of benzene rings is 1. The lowest BCUT2D eigenvalue weighted by Crippen LogP contribution is -2.43. The smallest absolute Gasteiger partial charge is 0.161 e. The van der Waals surface area contributed by atoms with Crippen molar-refractivity contribution in [3.05, 3.63) is 23.3 Å². The van der Waals surface area contributed by atoms with E-state index in [9.17, 15) is 15.3 Å². The summed E-state index contributed by atoms with van der Waals surface area (Å²) in [4.78, 5) is 0. The van der Waals surface area contributed by atoms with Gasteiger partial charge in [0.25, 0.3) is 0 Å². The molecular formula is C16H25NO4. The molecule has 0 unspecified atom stereocenters. The molecule has 1 aromatic carbocycles. The second kappa shape index (κ2) is 5.83. The fourth-order valence-corrected chi connectivity index (χ4v) is 3.12. The first-order valence-corrected chi connectivity index (χ1v) is 7.26. The average Bonchev–Trinajstić information content (AvgIpc) is 2.41. The van der Waals surface area contributed by atoms with Crippen LogP contribution in [0.25, 0.3) is 0 Å². The molecule has 0 spiro atoms. The number of fused-ring (bicyclic) bond motifs is 1. The van der Waals surface area contributed by atoms with Crippen LogP contribution in [0.15, 0.2) is 12.1 Å². The van der Waals surface area contributed by atoms with Crippen LogP contribution < -0.4 is 5.32 Å². The fourth-order valence-electron chi connectivity index (χ4n) is 3.12. The highest BCUT2D eigenvalue weighted by atomic mass is 16.5. The minimum absolute atomic E-state index is 0.141. The Bertz CT molecular complexity index is 510. The zero-order chi connectivity index (χ0) is 15.8. The SMILES string of the molecule is CNC[C@@H]1O[C@H](C(C)(C)C)[C@@H](CO)c2c1ccc(O)c2O. The van der Waals surface area contributed by atoms with Gasteiger partial charge in [0, 0.05) is 18.0 Å². The molecule has 5 nitrogen and oxygen atoms in total. The third-order valence-corrected chi connectivity index (χ3v) is 4.06. The molecule has 118 valence electrons. The topological polar surface area (TPSA) is 82.0 Å². The van der Waals surface area contributed by atoms with Crippen LogP contribution in [-0.2, 0) is 4.74 Å². The number of ether oxygens (including phenoxy) is 1. The van der Waals surface area contributed by atoms with Crippen molar-refractivity contribution in [3.63, 3.8) is 0 Å². The number of rotatable bonds is 3. The molecule has 0 fully saturated rings. The van der Waals surface area contributed by atoms with Gasteiger partial charge in [0.1, 0.15) is 0 Å². The van der Waals surface area contributed by atoms with Crippen molar-refractivity contribution in [3.8, 4) is 11.5 Å². The molecule has 1 heterocycles. The molecule has 1 aromatic rings. The first-order chi connectivity index (χ1) is 9.81. The minimum atomic E-state index is -0.361. The van der Waals surface area contributed by atoms with E-state index in [2.05, 4.69) is 5.32 Å². The summed E-state index contributed by atoms with van der Waals surface area (Å²) in [7, 11) is 1.84. The van der Waals surface area contributed by atoms with E-state index in [0.29, 0.717) is 12.1 Å². The molecule has 0 saturated heterocycles. The molecule has 0 saturated carbocycles. The summed E-state index contributed by atoms with van der Waals surface area (Å²) in [5.41, 5.74) is 1.22. The molecule has 5 heteroatoms. The normalized spacial score (nSPS) is 25.7. The van der Waals surface area contributed by atoms with Crippen molar-refractivity contribution >= 4 is 0 Å². The van der Waals surface area contributed by atoms with Crippen molar-refractivity contribution in [2.45, 2.75) is 38.9 Å². The van der Waals surface area contributed by atoms with Crippen LogP contribution in [0, 0.1) is 5.41 Å². The molecule has 0 radical (unpaired) electrons. The lowest BCUT2D eigenvalue weighted by molar-refractivity contribution is -0.101.